The van der Waals surface area contributed by atoms with Crippen LogP contribution in [0.4, 0.5) is 13.6 Å². The summed E-state index contributed by atoms with van der Waals surface area (Å²) in [6.07, 6.45) is -1.08. The number of piperazine rings is 1. The maximum absolute atomic E-state index is 14.6. The monoisotopic (exact) mass is 411 g/mol. The van der Waals surface area contributed by atoms with Gasteiger partial charge in [-0.25, -0.2) is 18.6 Å². The lowest BCUT2D eigenvalue weighted by Gasteiger charge is -2.38. The predicted octanol–water partition coefficient (Wildman–Crippen LogP) is 3.21. The smallest absolute Gasteiger partial charge is 0.407 e. The van der Waals surface area contributed by atoms with Crippen molar-refractivity contribution in [1.82, 2.24) is 14.8 Å². The van der Waals surface area contributed by atoms with E-state index in [1.165, 1.54) is 21.9 Å². The van der Waals surface area contributed by atoms with Crippen molar-refractivity contribution in [2.75, 3.05) is 19.6 Å². The van der Waals surface area contributed by atoms with Crippen molar-refractivity contribution in [2.45, 2.75) is 13.0 Å². The second kappa shape index (κ2) is 7.59. The molecule has 1 aromatic carbocycles. The average Bonchev–Trinajstić information content (AvgIpc) is 2.63. The lowest BCUT2D eigenvalue weighted by atomic mass is 10.1. The lowest BCUT2D eigenvalue weighted by Crippen LogP contribution is -2.55. The summed E-state index contributed by atoms with van der Waals surface area (Å²) in [6, 6.07) is 3.86. The minimum absolute atomic E-state index is 0.107. The van der Waals surface area contributed by atoms with Gasteiger partial charge in [0, 0.05) is 25.7 Å². The molecular formula is C18H16ClF2N3O4. The zero-order valence-corrected chi connectivity index (χ0v) is 15.5. The number of hydrogen-bond donors (Lipinski definition) is 2. The van der Waals surface area contributed by atoms with Crippen LogP contribution in [0, 0.1) is 11.6 Å². The summed E-state index contributed by atoms with van der Waals surface area (Å²) in [6.45, 7) is 1.99. The molecule has 0 unspecified atom stereocenters. The summed E-state index contributed by atoms with van der Waals surface area (Å²) in [5.41, 5.74) is -1.19. The average molecular weight is 412 g/mol. The minimum Gasteiger partial charge on any atom is -0.507 e. The van der Waals surface area contributed by atoms with Crippen LogP contribution in [-0.2, 0) is 0 Å². The van der Waals surface area contributed by atoms with Crippen molar-refractivity contribution in [2.24, 2.45) is 0 Å². The van der Waals surface area contributed by atoms with Gasteiger partial charge in [-0.15, -0.1) is 0 Å². The zero-order chi connectivity index (χ0) is 20.6. The predicted molar refractivity (Wildman–Crippen MR) is 96.4 cm³/mol. The Labute approximate surface area is 163 Å². The van der Waals surface area contributed by atoms with Crippen LogP contribution in [0.25, 0.3) is 11.3 Å². The van der Waals surface area contributed by atoms with Crippen LogP contribution in [0.3, 0.4) is 0 Å². The Balaban J connectivity index is 1.93. The number of phenolic OH excluding ortho intramolecular Hbond substituents is 1. The number of carbonyl (C=O) groups excluding carboxylic acids is 1. The van der Waals surface area contributed by atoms with Gasteiger partial charge in [-0.05, 0) is 25.1 Å². The Morgan fingerprint density at radius 1 is 1.25 bits per heavy atom. The van der Waals surface area contributed by atoms with Crippen molar-refractivity contribution >= 4 is 23.6 Å². The standard InChI is InChI=1S/C18H16ClF2N3O4/c1-9-8-23(18(27)28)5-6-24(9)17(26)10-7-12(21)15(22-16(10)19)14-11(20)3-2-4-13(14)25/h2-4,7,9,25H,5-6,8H2,1H3,(H,27,28)/t9-/m0/s1. The van der Waals surface area contributed by atoms with Gasteiger partial charge >= 0.3 is 6.09 Å². The number of aromatic hydroxyl groups is 1. The van der Waals surface area contributed by atoms with Crippen LogP contribution in [0.2, 0.25) is 5.15 Å². The largest absolute Gasteiger partial charge is 0.507 e. The van der Waals surface area contributed by atoms with Gasteiger partial charge in [0.15, 0.2) is 5.82 Å². The molecule has 2 amide bonds. The molecule has 0 radical (unpaired) electrons. The molecule has 2 aromatic rings. The first-order valence-corrected chi connectivity index (χ1v) is 8.71. The second-order valence-corrected chi connectivity index (χ2v) is 6.73. The first-order valence-electron chi connectivity index (χ1n) is 8.33. The van der Waals surface area contributed by atoms with E-state index in [1.807, 2.05) is 0 Å². The van der Waals surface area contributed by atoms with E-state index >= 15 is 0 Å². The molecule has 0 aliphatic carbocycles. The molecule has 2 N–H and O–H groups in total. The first kappa shape index (κ1) is 19.8. The highest BCUT2D eigenvalue weighted by Gasteiger charge is 2.32. The Morgan fingerprint density at radius 2 is 1.96 bits per heavy atom. The molecule has 10 heteroatoms. The molecular weight excluding hydrogens is 396 g/mol. The van der Waals surface area contributed by atoms with Gasteiger partial charge < -0.3 is 20.0 Å². The first-order chi connectivity index (χ1) is 13.2. The molecule has 0 saturated carbocycles. The third kappa shape index (κ3) is 3.57. The number of carbonyl (C=O) groups is 2. The van der Waals surface area contributed by atoms with Crippen LogP contribution >= 0.6 is 11.6 Å². The van der Waals surface area contributed by atoms with E-state index in [-0.39, 0.29) is 30.4 Å². The van der Waals surface area contributed by atoms with Gasteiger partial charge in [-0.1, -0.05) is 17.7 Å². The number of hydrogen-bond acceptors (Lipinski definition) is 4. The molecule has 28 heavy (non-hydrogen) atoms. The Hall–Kier alpha value is -2.94. The molecule has 1 aliphatic rings. The van der Waals surface area contributed by atoms with E-state index in [4.69, 9.17) is 16.7 Å². The van der Waals surface area contributed by atoms with E-state index in [2.05, 4.69) is 4.98 Å². The number of pyridine rings is 1. The summed E-state index contributed by atoms with van der Waals surface area (Å²) in [5.74, 6) is -3.04. The summed E-state index contributed by atoms with van der Waals surface area (Å²) >= 11 is 6.06. The van der Waals surface area contributed by atoms with Crippen LogP contribution in [0.1, 0.15) is 17.3 Å². The van der Waals surface area contributed by atoms with Crippen LogP contribution in [0.5, 0.6) is 5.75 Å². The van der Waals surface area contributed by atoms with Gasteiger partial charge in [0.25, 0.3) is 5.91 Å². The van der Waals surface area contributed by atoms with E-state index in [0.717, 1.165) is 12.1 Å². The fourth-order valence-corrected chi connectivity index (χ4v) is 3.35. The maximum Gasteiger partial charge on any atom is 0.407 e. The van der Waals surface area contributed by atoms with E-state index < -0.39 is 46.7 Å². The highest BCUT2D eigenvalue weighted by atomic mass is 35.5. The van der Waals surface area contributed by atoms with E-state index in [0.29, 0.717) is 0 Å². The van der Waals surface area contributed by atoms with E-state index in [9.17, 15) is 23.5 Å². The number of amides is 2. The number of halogens is 3. The fourth-order valence-electron chi connectivity index (χ4n) is 3.13. The van der Waals surface area contributed by atoms with Gasteiger partial charge in [-0.2, -0.15) is 0 Å². The highest BCUT2D eigenvalue weighted by molar-refractivity contribution is 6.32. The van der Waals surface area contributed by atoms with Gasteiger partial charge in [0.05, 0.1) is 11.1 Å². The van der Waals surface area contributed by atoms with Crippen molar-refractivity contribution in [3.63, 3.8) is 0 Å². The fraction of sp³-hybridized carbons (Fsp3) is 0.278. The summed E-state index contributed by atoms with van der Waals surface area (Å²) in [7, 11) is 0. The number of aromatic nitrogens is 1. The quantitative estimate of drug-likeness (QED) is 0.740. The summed E-state index contributed by atoms with van der Waals surface area (Å²) in [4.78, 5) is 30.2. The highest BCUT2D eigenvalue weighted by Crippen LogP contribution is 2.34. The van der Waals surface area contributed by atoms with Crippen LogP contribution in [0.15, 0.2) is 24.3 Å². The van der Waals surface area contributed by atoms with Crippen LogP contribution < -0.4 is 0 Å². The van der Waals surface area contributed by atoms with Crippen molar-refractivity contribution < 1.29 is 28.6 Å². The zero-order valence-electron chi connectivity index (χ0n) is 14.7. The van der Waals surface area contributed by atoms with Crippen molar-refractivity contribution in [3.8, 4) is 17.0 Å². The molecule has 0 bridgehead atoms. The SMILES string of the molecule is C[C@H]1CN(C(=O)O)CCN1C(=O)c1cc(F)c(-c2c(O)cccc2F)nc1Cl. The molecule has 2 heterocycles. The Bertz CT molecular complexity index is 936. The minimum atomic E-state index is -1.08. The molecule has 148 valence electrons. The van der Waals surface area contributed by atoms with E-state index in [1.54, 1.807) is 6.92 Å². The Morgan fingerprint density at radius 3 is 2.57 bits per heavy atom. The lowest BCUT2D eigenvalue weighted by molar-refractivity contribution is 0.0483. The third-order valence-electron chi connectivity index (χ3n) is 4.55. The molecule has 1 saturated heterocycles. The number of nitrogens with zero attached hydrogens (tertiary/aromatic N) is 3. The van der Waals surface area contributed by atoms with Gasteiger partial charge in [0.2, 0.25) is 0 Å². The molecule has 0 spiro atoms. The Kier molecular flexibility index (Phi) is 5.37. The van der Waals surface area contributed by atoms with Crippen LogP contribution in [-0.4, -0.2) is 62.7 Å². The van der Waals surface area contributed by atoms with Gasteiger partial charge in [0.1, 0.15) is 22.4 Å². The second-order valence-electron chi connectivity index (χ2n) is 6.37. The molecule has 1 atom stereocenters. The number of benzene rings is 1. The topological polar surface area (TPSA) is 94.0 Å². The molecule has 1 aliphatic heterocycles. The normalized spacial score (nSPS) is 16.9. The molecule has 1 aromatic heterocycles. The number of phenols is 1. The number of rotatable bonds is 2. The van der Waals surface area contributed by atoms with Crippen molar-refractivity contribution in [1.29, 1.82) is 0 Å². The van der Waals surface area contributed by atoms with Crippen molar-refractivity contribution in [3.05, 3.63) is 46.6 Å². The van der Waals surface area contributed by atoms with Gasteiger partial charge in [-0.3, -0.25) is 4.79 Å². The third-order valence-corrected chi connectivity index (χ3v) is 4.84. The molecule has 1 fully saturated rings. The summed E-state index contributed by atoms with van der Waals surface area (Å²) < 4.78 is 28.6. The maximum atomic E-state index is 14.6. The molecule has 7 nitrogen and oxygen atoms in total. The summed E-state index contributed by atoms with van der Waals surface area (Å²) in [5, 5.41) is 18.5. The molecule has 3 rings (SSSR count). The number of carboxylic acid groups (broad SMARTS) is 1.